The van der Waals surface area contributed by atoms with Gasteiger partial charge in [-0.15, -0.1) is 0 Å². The standard InChI is InChI=1S/C19H26N4OS.C16H10F6N2O2S2.C15H18N4O2S.C14H10F2N2O2S2.C10H11NOS.C9H9NOS.C7H5NOS/c1-12-13(2)17-18(20-14(12)3)25-23(19(17)24)11-21-7-9-22(10-8-21)15(4)16-5-6-16;17-15(18,19)9-5-1-3-7(13(23)25)11(9)27-28-12-8(14(24)26)4-2-6-10(12)16(20,21)22;20-14(11-3-4-11)18-8-6-17(7-9-18)10-19-15(21)12-2-1-5-16-13(12)22-19;15-9-5-1-3-7(13(17)19)11(9)21-22-12-8(14(18)20)4-2-6-10(12)16;1-5-6(2)9-8(12)4-13-10(9)11-7(5)3;1-5-3-6(2)10-9-8(5)7(11)4-12-9;9-6-4-10-7-5(6)2-1-3-8-7/h16H,4-11H2,1-3H3;1-6H,(H2,23,25)(H2,24,26);1-2,5,11H,3-4,6-10H2;1-6H,(H2,17,19)(H2,18,20);4H2,1-3H3;3H,4H2,1-2H3;1-3H,4H2. The molecule has 5 amide bonds. The number of carbonyl (C=O) groups is 8. The van der Waals surface area contributed by atoms with Gasteiger partial charge in [-0.1, -0.05) is 87.7 Å². The van der Waals surface area contributed by atoms with Crippen LogP contribution in [0.5, 0.6) is 0 Å². The lowest BCUT2D eigenvalue weighted by molar-refractivity contribution is -0.140. The summed E-state index contributed by atoms with van der Waals surface area (Å²) in [6.07, 6.45) is -1.61. The molecule has 12 heterocycles. The summed E-state index contributed by atoms with van der Waals surface area (Å²) in [4.78, 5) is 148. The molecular formula is C90H89F8N15O10S9. The highest BCUT2D eigenvalue weighted by atomic mass is 33.1. The maximum absolute atomic E-state index is 13.8. The van der Waals surface area contributed by atoms with Crippen molar-refractivity contribution in [1.29, 1.82) is 0 Å². The normalized spacial score (nSPS) is 15.2. The number of ketones is 3. The predicted octanol–water partition coefficient (Wildman–Crippen LogP) is 17.2. The number of pyridine rings is 5. The molecule has 0 atom stereocenters. The lowest BCUT2D eigenvalue weighted by Crippen LogP contribution is -2.49. The maximum atomic E-state index is 13.8. The zero-order chi connectivity index (χ0) is 95.6. The summed E-state index contributed by atoms with van der Waals surface area (Å²) < 4.78 is 111. The number of hydrogen-bond donors (Lipinski definition) is 4. The van der Waals surface area contributed by atoms with Crippen molar-refractivity contribution in [2.45, 2.75) is 141 Å². The largest absolute Gasteiger partial charge is 0.417 e. The van der Waals surface area contributed by atoms with Crippen LogP contribution in [0.2, 0.25) is 0 Å². The number of halogens is 8. The molecule has 0 radical (unpaired) electrons. The molecule has 0 bridgehead atoms. The zero-order valence-corrected chi connectivity index (χ0v) is 79.7. The number of nitrogens with two attached hydrogens (primary N) is 4. The number of amides is 5. The van der Waals surface area contributed by atoms with Gasteiger partial charge in [0, 0.05) is 103 Å². The van der Waals surface area contributed by atoms with Gasteiger partial charge in [0.05, 0.1) is 101 Å². The van der Waals surface area contributed by atoms with Crippen LogP contribution >= 0.6 is 102 Å². The van der Waals surface area contributed by atoms with E-state index in [1.54, 1.807) is 52.0 Å². The SMILES string of the molecule is C=C(C1CC1)N1CCN(Cn2sc3nc(C)c(C)c(C)c3c2=O)CC1.Cc1cc(C)c2c(n1)SCC2=O.Cc1nc2c(c(C)c1C)C(=O)CS2.NC(=O)c1cccc(C(F)(F)F)c1SSc1c(C(N)=O)cccc1C(F)(F)F.NC(=O)c1cccc(F)c1SSc1c(F)cccc1C(N)=O.O=C(C1CC1)N1CCN(Cn2sc3ncccc3c2=O)CC1.O=C1CSc2ncccc21. The zero-order valence-electron chi connectivity index (χ0n) is 72.4. The van der Waals surface area contributed by atoms with Gasteiger partial charge in [0.2, 0.25) is 29.5 Å². The van der Waals surface area contributed by atoms with E-state index in [0.29, 0.717) is 59.9 Å². The van der Waals surface area contributed by atoms with Crippen LogP contribution in [0.4, 0.5) is 35.1 Å². The van der Waals surface area contributed by atoms with Gasteiger partial charge in [0.15, 0.2) is 17.3 Å². The first-order valence-corrected chi connectivity index (χ1v) is 49.7. The number of piperazine rings is 2. The Labute approximate surface area is 789 Å². The predicted molar refractivity (Wildman–Crippen MR) is 503 cm³/mol. The minimum atomic E-state index is -4.88. The van der Waals surface area contributed by atoms with E-state index in [-0.39, 0.29) is 71.0 Å². The Bertz CT molecular complexity index is 6330. The monoisotopic (exact) mass is 1980 g/mol. The Balaban J connectivity index is 0.000000142. The molecule has 18 rings (SSSR count). The van der Waals surface area contributed by atoms with Crippen molar-refractivity contribution in [2.24, 2.45) is 34.8 Å². The lowest BCUT2D eigenvalue weighted by Gasteiger charge is -2.37. The van der Waals surface area contributed by atoms with Crippen LogP contribution in [0.3, 0.4) is 0 Å². The molecule has 2 saturated carbocycles. The number of nitrogens with zero attached hydrogens (tertiary/aromatic N) is 11. The molecule has 25 nitrogen and oxygen atoms in total. The summed E-state index contributed by atoms with van der Waals surface area (Å²) in [5, 5.41) is 4.21. The summed E-state index contributed by atoms with van der Waals surface area (Å²) >= 11 is 7.52. The minimum absolute atomic E-state index is 0.0190. The second kappa shape index (κ2) is 43.8. The van der Waals surface area contributed by atoms with Crippen molar-refractivity contribution < 1.29 is 73.5 Å². The summed E-state index contributed by atoms with van der Waals surface area (Å²) in [6.45, 7) is 28.8. The topological polar surface area (TPSA) is 362 Å². The van der Waals surface area contributed by atoms with E-state index in [1.165, 1.54) is 77.6 Å². The number of allylic oxidation sites excluding steroid dienone is 1. The first-order chi connectivity index (χ1) is 62.6. The van der Waals surface area contributed by atoms with Crippen molar-refractivity contribution in [1.82, 2.24) is 52.4 Å². The van der Waals surface area contributed by atoms with E-state index in [2.05, 4.69) is 46.2 Å². The molecule has 42 heteroatoms. The maximum Gasteiger partial charge on any atom is 0.417 e. The van der Waals surface area contributed by atoms with Crippen LogP contribution < -0.4 is 34.1 Å². The molecule has 4 aromatic carbocycles. The third kappa shape index (κ3) is 24.4. The van der Waals surface area contributed by atoms with Gasteiger partial charge in [-0.2, -0.15) is 26.3 Å². The van der Waals surface area contributed by atoms with Gasteiger partial charge >= 0.3 is 12.4 Å². The highest BCUT2D eigenvalue weighted by Gasteiger charge is 2.40. The van der Waals surface area contributed by atoms with Gasteiger partial charge in [0.25, 0.3) is 11.1 Å². The van der Waals surface area contributed by atoms with E-state index in [4.69, 9.17) is 22.9 Å². The molecule has 2 aliphatic carbocycles. The number of aromatic nitrogens is 7. The molecule has 0 spiro atoms. The molecule has 11 aromatic rings. The summed E-state index contributed by atoms with van der Waals surface area (Å²) in [6, 6.07) is 22.2. The van der Waals surface area contributed by atoms with Gasteiger partial charge < -0.3 is 32.7 Å². The fourth-order valence-corrected chi connectivity index (χ4v) is 24.6. The summed E-state index contributed by atoms with van der Waals surface area (Å²) in [7, 11) is 2.05. The Morgan fingerprint density at radius 2 is 0.879 bits per heavy atom. The van der Waals surface area contributed by atoms with E-state index >= 15 is 0 Å². The van der Waals surface area contributed by atoms with E-state index in [1.807, 2.05) is 82.4 Å². The fourth-order valence-electron chi connectivity index (χ4n) is 14.3. The minimum Gasteiger partial charge on any atom is -0.372 e. The number of aryl methyl sites for hydroxylation is 5. The van der Waals surface area contributed by atoms with Crippen molar-refractivity contribution >= 4 is 169 Å². The molecule has 694 valence electrons. The molecule has 8 N–H and O–H groups in total. The van der Waals surface area contributed by atoms with Gasteiger partial charge in [0.1, 0.15) is 36.4 Å². The van der Waals surface area contributed by atoms with Crippen LogP contribution in [-0.2, 0) is 30.5 Å². The molecule has 5 aliphatic heterocycles. The number of carbonyl (C=O) groups excluding carboxylic acids is 8. The highest BCUT2D eigenvalue weighted by molar-refractivity contribution is 8.77. The second-order valence-corrected chi connectivity index (χ2v) is 40.4. The smallest absolute Gasteiger partial charge is 0.372 e. The van der Waals surface area contributed by atoms with E-state index in [0.717, 1.165) is 221 Å². The average molecular weight is 1980 g/mol. The van der Waals surface area contributed by atoms with Gasteiger partial charge in [-0.3, -0.25) is 57.7 Å². The quantitative estimate of drug-likeness (QED) is 0.0486. The first-order valence-electron chi connectivity index (χ1n) is 40.9. The average Bonchev–Trinajstić information content (AvgIpc) is 1.41. The number of thioether (sulfide) groups is 3. The number of Topliss-reactive ketones (excluding diaryl/α,β-unsaturated/α-hetero) is 3. The number of hydrogen-bond acceptors (Lipinski definition) is 27. The van der Waals surface area contributed by atoms with Crippen molar-refractivity contribution in [2.75, 3.05) is 69.6 Å². The number of benzene rings is 4. The summed E-state index contributed by atoms with van der Waals surface area (Å²) in [5.41, 5.74) is 29.5. The highest BCUT2D eigenvalue weighted by Crippen LogP contribution is 2.50. The van der Waals surface area contributed by atoms with Crippen molar-refractivity contribution in [3.8, 4) is 0 Å². The lowest BCUT2D eigenvalue weighted by atomic mass is 10.0. The Kier molecular flexibility index (Phi) is 33.4. The summed E-state index contributed by atoms with van der Waals surface area (Å²) in [5.74, 6) is -1.61. The number of rotatable bonds is 17. The first kappa shape index (κ1) is 101. The van der Waals surface area contributed by atoms with Gasteiger partial charge in [-0.05, 0) is 238 Å². The van der Waals surface area contributed by atoms with Crippen LogP contribution in [-0.4, -0.2) is 169 Å². The van der Waals surface area contributed by atoms with Crippen LogP contribution in [0, 0.1) is 78.9 Å². The van der Waals surface area contributed by atoms with Crippen molar-refractivity contribution in [3.63, 3.8) is 0 Å². The molecule has 2 saturated heterocycles. The molecule has 7 aliphatic rings. The number of primary amides is 4. The fraction of sp³-hybridized carbons (Fsp3) is 0.322. The molecule has 0 unspecified atom stereocenters. The van der Waals surface area contributed by atoms with Crippen molar-refractivity contribution in [3.05, 3.63) is 255 Å². The molecule has 4 fully saturated rings. The Hall–Kier alpha value is -10.3. The third-order valence-electron chi connectivity index (χ3n) is 22.1. The Morgan fingerprint density at radius 3 is 1.37 bits per heavy atom. The molecule has 7 aromatic heterocycles. The third-order valence-corrected chi connectivity index (χ3v) is 32.1. The molecular weight excluding hydrogens is 1890 g/mol. The Morgan fingerprint density at radius 1 is 0.455 bits per heavy atom. The number of alkyl halides is 6. The second-order valence-electron chi connectivity index (χ2n) is 31.2. The number of fused-ring (bicyclic) bond motifs is 5. The molecule has 132 heavy (non-hydrogen) atoms. The van der Waals surface area contributed by atoms with Crippen LogP contribution in [0.15, 0.2) is 172 Å². The van der Waals surface area contributed by atoms with Crippen LogP contribution in [0.1, 0.15) is 154 Å². The van der Waals surface area contributed by atoms with E-state index in [9.17, 15) is 83.1 Å². The van der Waals surface area contributed by atoms with E-state index < -0.39 is 79.7 Å². The van der Waals surface area contributed by atoms with Crippen LogP contribution in [0.25, 0.3) is 20.4 Å². The van der Waals surface area contributed by atoms with Gasteiger partial charge in [-0.25, -0.2) is 41.6 Å².